The van der Waals surface area contributed by atoms with E-state index in [4.69, 9.17) is 0 Å². The molecule has 0 radical (unpaired) electrons. The van der Waals surface area contributed by atoms with Gasteiger partial charge in [0.15, 0.2) is 0 Å². The van der Waals surface area contributed by atoms with Crippen LogP contribution < -0.4 is 0 Å². The summed E-state index contributed by atoms with van der Waals surface area (Å²) in [7, 11) is 0. The number of aldehydes is 1. The Morgan fingerprint density at radius 2 is 1.69 bits per heavy atom. The third kappa shape index (κ3) is 4.66. The Hall–Kier alpha value is -0.850. The maximum Gasteiger partial charge on any atom is 0.123 e. The summed E-state index contributed by atoms with van der Waals surface area (Å²) in [5.74, 6) is 0.253. The van der Waals surface area contributed by atoms with Crippen molar-refractivity contribution in [3.63, 3.8) is 0 Å². The van der Waals surface area contributed by atoms with Crippen molar-refractivity contribution < 1.29 is 4.79 Å². The van der Waals surface area contributed by atoms with Crippen molar-refractivity contribution in [1.82, 2.24) is 0 Å². The number of rotatable bonds is 1. The number of carbonyl (C=O) groups is 1. The zero-order valence-electron chi connectivity index (χ0n) is 8.11. The van der Waals surface area contributed by atoms with Gasteiger partial charge in [-0.05, 0) is 38.5 Å². The predicted octanol–water partition coefficient (Wildman–Crippen LogP) is 3.27. The van der Waals surface area contributed by atoms with Gasteiger partial charge >= 0.3 is 0 Å². The molecule has 0 aliphatic heterocycles. The first-order valence-electron chi connectivity index (χ1n) is 5.19. The van der Waals surface area contributed by atoms with Gasteiger partial charge in [-0.2, -0.15) is 0 Å². The molecule has 0 saturated carbocycles. The molecule has 1 rings (SSSR count). The summed E-state index contributed by atoms with van der Waals surface area (Å²) in [5, 5.41) is 0. The van der Waals surface area contributed by atoms with Crippen molar-refractivity contribution in [2.45, 2.75) is 38.5 Å². The van der Waals surface area contributed by atoms with Crippen LogP contribution >= 0.6 is 0 Å². The van der Waals surface area contributed by atoms with Gasteiger partial charge < -0.3 is 4.79 Å². The molecule has 0 bridgehead atoms. The van der Waals surface area contributed by atoms with E-state index < -0.39 is 0 Å². The summed E-state index contributed by atoms with van der Waals surface area (Å²) in [5.41, 5.74) is 0. The fourth-order valence-electron chi connectivity index (χ4n) is 1.56. The Bertz CT molecular complexity index is 191. The lowest BCUT2D eigenvalue weighted by molar-refractivity contribution is -0.111. The average molecular weight is 178 g/mol. The summed E-state index contributed by atoms with van der Waals surface area (Å²) >= 11 is 0. The van der Waals surface area contributed by atoms with Gasteiger partial charge in [0.1, 0.15) is 6.29 Å². The molecule has 0 amide bonds. The molecule has 1 unspecified atom stereocenters. The first-order valence-corrected chi connectivity index (χ1v) is 5.19. The van der Waals surface area contributed by atoms with Crippen LogP contribution in [-0.4, -0.2) is 6.29 Å². The van der Waals surface area contributed by atoms with Gasteiger partial charge in [0, 0.05) is 5.92 Å². The highest BCUT2D eigenvalue weighted by Gasteiger charge is 2.03. The average Bonchev–Trinajstić information content (AvgIpc) is 2.22. The third-order valence-electron chi connectivity index (χ3n) is 2.41. The maximum atomic E-state index is 10.7. The minimum absolute atomic E-state index is 0.253. The van der Waals surface area contributed by atoms with Crippen LogP contribution in [0.4, 0.5) is 0 Å². The molecule has 0 saturated heterocycles. The van der Waals surface area contributed by atoms with Crippen molar-refractivity contribution in [2.24, 2.45) is 5.92 Å². The molecule has 0 heterocycles. The van der Waals surface area contributed by atoms with Gasteiger partial charge in [-0.15, -0.1) is 0 Å². The lowest BCUT2D eigenvalue weighted by Gasteiger charge is -2.04. The quantitative estimate of drug-likeness (QED) is 0.445. The van der Waals surface area contributed by atoms with Crippen LogP contribution in [0.1, 0.15) is 38.5 Å². The highest BCUT2D eigenvalue weighted by atomic mass is 16.1. The molecule has 1 nitrogen and oxygen atoms in total. The maximum absolute atomic E-state index is 10.7. The molecule has 72 valence electrons. The van der Waals surface area contributed by atoms with Crippen molar-refractivity contribution >= 4 is 6.29 Å². The largest absolute Gasteiger partial charge is 0.303 e. The summed E-state index contributed by atoms with van der Waals surface area (Å²) in [6.07, 6.45) is 16.4. The SMILES string of the molecule is O=CC1C/C=C/CC/C=C\CCC1. The Kier molecular flexibility index (Phi) is 5.23. The molecule has 0 spiro atoms. The van der Waals surface area contributed by atoms with Gasteiger partial charge in [0.2, 0.25) is 0 Å². The number of hydrogen-bond acceptors (Lipinski definition) is 1. The lowest BCUT2D eigenvalue weighted by Crippen LogP contribution is -1.99. The topological polar surface area (TPSA) is 17.1 Å². The summed E-state index contributed by atoms with van der Waals surface area (Å²) in [6.45, 7) is 0. The Labute approximate surface area is 80.5 Å². The third-order valence-corrected chi connectivity index (χ3v) is 2.41. The van der Waals surface area contributed by atoms with E-state index in [2.05, 4.69) is 24.3 Å². The second-order valence-electron chi connectivity index (χ2n) is 3.58. The van der Waals surface area contributed by atoms with Crippen LogP contribution in [0.3, 0.4) is 0 Å². The molecule has 1 atom stereocenters. The van der Waals surface area contributed by atoms with Crippen LogP contribution in [0.2, 0.25) is 0 Å². The molecular weight excluding hydrogens is 160 g/mol. The van der Waals surface area contributed by atoms with E-state index in [0.717, 1.165) is 44.8 Å². The van der Waals surface area contributed by atoms with E-state index >= 15 is 0 Å². The standard InChI is InChI=1S/C12H18O/c13-11-12-9-7-5-3-1-2-4-6-8-10-12/h1,3,6,8,11-12H,2,4-5,7,9-10H2/b3-1-,8-6+. The van der Waals surface area contributed by atoms with Gasteiger partial charge in [0.25, 0.3) is 0 Å². The van der Waals surface area contributed by atoms with Gasteiger partial charge in [-0.3, -0.25) is 0 Å². The van der Waals surface area contributed by atoms with Crippen LogP contribution in [0, 0.1) is 5.92 Å². The van der Waals surface area contributed by atoms with Crippen molar-refractivity contribution in [3.05, 3.63) is 24.3 Å². The second kappa shape index (κ2) is 6.64. The first-order chi connectivity index (χ1) is 6.43. The minimum atomic E-state index is 0.253. The zero-order valence-corrected chi connectivity index (χ0v) is 8.11. The molecule has 0 N–H and O–H groups in total. The second-order valence-corrected chi connectivity index (χ2v) is 3.58. The van der Waals surface area contributed by atoms with E-state index in [-0.39, 0.29) is 5.92 Å². The Balaban J connectivity index is 2.40. The summed E-state index contributed by atoms with van der Waals surface area (Å²) < 4.78 is 0. The van der Waals surface area contributed by atoms with Crippen molar-refractivity contribution in [1.29, 1.82) is 0 Å². The van der Waals surface area contributed by atoms with Gasteiger partial charge in [-0.25, -0.2) is 0 Å². The summed E-state index contributed by atoms with van der Waals surface area (Å²) in [6, 6.07) is 0. The fourth-order valence-corrected chi connectivity index (χ4v) is 1.56. The van der Waals surface area contributed by atoms with Gasteiger partial charge in [0.05, 0.1) is 0 Å². The summed E-state index contributed by atoms with van der Waals surface area (Å²) in [4.78, 5) is 10.7. The molecule has 0 aromatic heterocycles. The number of allylic oxidation sites excluding steroid dienone is 4. The van der Waals surface area contributed by atoms with Crippen LogP contribution in [0.15, 0.2) is 24.3 Å². The van der Waals surface area contributed by atoms with Gasteiger partial charge in [-0.1, -0.05) is 24.3 Å². The molecule has 1 heteroatoms. The zero-order chi connectivity index (χ0) is 9.36. The van der Waals surface area contributed by atoms with E-state index in [1.165, 1.54) is 0 Å². The molecule has 1 aliphatic carbocycles. The normalized spacial score (nSPS) is 30.0. The molecular formula is C12H18O. The van der Waals surface area contributed by atoms with Crippen LogP contribution in [0.5, 0.6) is 0 Å². The molecule has 13 heavy (non-hydrogen) atoms. The number of carbonyl (C=O) groups excluding carboxylic acids is 1. The Morgan fingerprint density at radius 1 is 1.00 bits per heavy atom. The molecule has 1 aliphatic rings. The van der Waals surface area contributed by atoms with E-state index in [1.807, 2.05) is 0 Å². The highest BCUT2D eigenvalue weighted by molar-refractivity contribution is 5.53. The predicted molar refractivity (Wildman–Crippen MR) is 55.5 cm³/mol. The van der Waals surface area contributed by atoms with E-state index in [9.17, 15) is 4.79 Å². The molecule has 0 fully saturated rings. The molecule has 0 aromatic carbocycles. The van der Waals surface area contributed by atoms with Crippen molar-refractivity contribution in [3.8, 4) is 0 Å². The number of hydrogen-bond donors (Lipinski definition) is 0. The van der Waals surface area contributed by atoms with Crippen molar-refractivity contribution in [2.75, 3.05) is 0 Å². The smallest absolute Gasteiger partial charge is 0.123 e. The van der Waals surface area contributed by atoms with Crippen LogP contribution in [0.25, 0.3) is 0 Å². The monoisotopic (exact) mass is 178 g/mol. The Morgan fingerprint density at radius 3 is 2.46 bits per heavy atom. The highest BCUT2D eigenvalue weighted by Crippen LogP contribution is 2.13. The van der Waals surface area contributed by atoms with Crippen LogP contribution in [-0.2, 0) is 4.79 Å². The fraction of sp³-hybridized carbons (Fsp3) is 0.583. The molecule has 0 aromatic rings. The van der Waals surface area contributed by atoms with E-state index in [0.29, 0.717) is 0 Å². The lowest BCUT2D eigenvalue weighted by atomic mass is 10.00. The minimum Gasteiger partial charge on any atom is -0.303 e. The first kappa shape index (κ1) is 10.2. The van der Waals surface area contributed by atoms with E-state index in [1.54, 1.807) is 0 Å².